The monoisotopic (exact) mass is 621 g/mol. The average Bonchev–Trinajstić information content (AvgIpc) is 3.64. The summed E-state index contributed by atoms with van der Waals surface area (Å²) >= 11 is 0. The van der Waals surface area contributed by atoms with Crippen LogP contribution >= 0.6 is 0 Å². The maximum absolute atomic E-state index is 10.0. The van der Waals surface area contributed by atoms with Crippen LogP contribution in [0.2, 0.25) is 0 Å². The second-order valence-corrected chi connectivity index (χ2v) is 11.5. The molecular formula is C46H31NO. The molecule has 0 spiro atoms. The van der Waals surface area contributed by atoms with Gasteiger partial charge in [-0.05, 0) is 69.7 Å². The van der Waals surface area contributed by atoms with Crippen LogP contribution in [0.15, 0.2) is 192 Å². The van der Waals surface area contributed by atoms with Gasteiger partial charge in [0.15, 0.2) is 0 Å². The molecule has 2 nitrogen and oxygen atoms in total. The van der Waals surface area contributed by atoms with Gasteiger partial charge in [-0.15, -0.1) is 0 Å². The Morgan fingerprint density at radius 1 is 0.438 bits per heavy atom. The van der Waals surface area contributed by atoms with Crippen molar-refractivity contribution < 1.29 is 15.4 Å². The smallest absolute Gasteiger partial charge is 0.143 e. The van der Waals surface area contributed by atoms with Crippen molar-refractivity contribution in [2.75, 3.05) is 4.90 Å². The number of para-hydroxylation sites is 1. The Morgan fingerprint density at radius 3 is 1.60 bits per heavy atom. The Morgan fingerprint density at radius 2 is 0.958 bits per heavy atom. The molecule has 9 aromatic rings. The van der Waals surface area contributed by atoms with Gasteiger partial charge in [-0.3, -0.25) is 0 Å². The highest BCUT2D eigenvalue weighted by atomic mass is 16.3. The molecule has 9 rings (SSSR count). The topological polar surface area (TPSA) is 16.4 Å². The van der Waals surface area contributed by atoms with Crippen molar-refractivity contribution in [3.63, 3.8) is 0 Å². The summed E-state index contributed by atoms with van der Waals surface area (Å²) < 4.78 is 79.0. The van der Waals surface area contributed by atoms with E-state index in [9.17, 15) is 4.11 Å². The number of furan rings is 1. The maximum Gasteiger partial charge on any atom is 0.143 e. The van der Waals surface area contributed by atoms with Crippen LogP contribution in [0.3, 0.4) is 0 Å². The normalized spacial score (nSPS) is 13.7. The zero-order valence-corrected chi connectivity index (χ0v) is 25.6. The molecule has 0 amide bonds. The molecule has 0 fully saturated rings. The number of rotatable bonds is 6. The summed E-state index contributed by atoms with van der Waals surface area (Å²) in [5.74, 6) is 0. The van der Waals surface area contributed by atoms with Crippen LogP contribution in [0.4, 0.5) is 17.1 Å². The van der Waals surface area contributed by atoms with Crippen LogP contribution in [-0.4, -0.2) is 0 Å². The van der Waals surface area contributed by atoms with Crippen molar-refractivity contribution in [2.45, 2.75) is 0 Å². The van der Waals surface area contributed by atoms with E-state index in [-0.39, 0.29) is 74.7 Å². The van der Waals surface area contributed by atoms with Gasteiger partial charge in [-0.2, -0.15) is 0 Å². The number of hydrogen-bond donors (Lipinski definition) is 0. The fourth-order valence-electron chi connectivity index (χ4n) is 6.37. The highest BCUT2D eigenvalue weighted by Gasteiger charge is 2.21. The third-order valence-electron chi connectivity index (χ3n) is 8.67. The largest absolute Gasteiger partial charge is 0.455 e. The van der Waals surface area contributed by atoms with E-state index < -0.39 is 12.1 Å². The van der Waals surface area contributed by atoms with Crippen molar-refractivity contribution in [1.29, 1.82) is 0 Å². The van der Waals surface area contributed by atoms with Crippen molar-refractivity contribution in [1.82, 2.24) is 0 Å². The number of anilines is 3. The zero-order chi connectivity index (χ0) is 38.8. The van der Waals surface area contributed by atoms with E-state index in [0.29, 0.717) is 22.5 Å². The van der Waals surface area contributed by atoms with Gasteiger partial charge in [0.25, 0.3) is 0 Å². The van der Waals surface area contributed by atoms with Gasteiger partial charge < -0.3 is 9.32 Å². The van der Waals surface area contributed by atoms with Crippen LogP contribution in [0.1, 0.15) is 11.0 Å². The Bertz CT molecular complexity index is 2970. The van der Waals surface area contributed by atoms with Gasteiger partial charge in [0, 0.05) is 32.9 Å². The Kier molecular flexibility index (Phi) is 5.07. The van der Waals surface area contributed by atoms with E-state index >= 15 is 0 Å². The van der Waals surface area contributed by atoms with Crippen LogP contribution in [0.5, 0.6) is 0 Å². The van der Waals surface area contributed by atoms with Crippen molar-refractivity contribution in [3.05, 3.63) is 188 Å². The van der Waals surface area contributed by atoms with Crippen LogP contribution in [0, 0.1) is 0 Å². The van der Waals surface area contributed by atoms with E-state index in [4.69, 9.17) is 11.3 Å². The minimum atomic E-state index is -0.474. The molecule has 0 aliphatic carbocycles. The molecule has 0 radical (unpaired) electrons. The third-order valence-corrected chi connectivity index (χ3v) is 8.67. The summed E-state index contributed by atoms with van der Waals surface area (Å²) in [6.45, 7) is 0. The fraction of sp³-hybridized carbons (Fsp3) is 0. The van der Waals surface area contributed by atoms with E-state index in [2.05, 4.69) is 36.4 Å². The van der Waals surface area contributed by atoms with E-state index in [0.717, 1.165) is 22.3 Å². The predicted octanol–water partition coefficient (Wildman–Crippen LogP) is 13.2. The molecule has 0 N–H and O–H groups in total. The summed E-state index contributed by atoms with van der Waals surface area (Å²) in [5.41, 5.74) is 6.50. The predicted molar refractivity (Wildman–Crippen MR) is 202 cm³/mol. The Balaban J connectivity index is 1.35. The quantitative estimate of drug-likeness (QED) is 0.184. The van der Waals surface area contributed by atoms with E-state index in [1.54, 1.807) is 24.3 Å². The van der Waals surface area contributed by atoms with Crippen LogP contribution < -0.4 is 4.90 Å². The molecule has 0 saturated heterocycles. The molecule has 1 aromatic heterocycles. The Labute approximate surface area is 291 Å². The van der Waals surface area contributed by atoms with Crippen LogP contribution in [0.25, 0.3) is 66.1 Å². The molecule has 0 bridgehead atoms. The minimum absolute atomic E-state index is 0.00580. The van der Waals surface area contributed by atoms with E-state index in [1.807, 2.05) is 83.8 Å². The molecule has 2 heteroatoms. The molecule has 0 aliphatic heterocycles. The first-order chi connectivity index (χ1) is 27.2. The number of fused-ring (bicyclic) bond motifs is 5. The third kappa shape index (κ3) is 4.83. The van der Waals surface area contributed by atoms with Crippen LogP contribution in [-0.2, 0) is 0 Å². The summed E-state index contributed by atoms with van der Waals surface area (Å²) in [6, 6.07) is 42.0. The highest BCUT2D eigenvalue weighted by molar-refractivity contribution is 6.22. The van der Waals surface area contributed by atoms with Gasteiger partial charge in [0.05, 0.1) is 16.7 Å². The van der Waals surface area contributed by atoms with Gasteiger partial charge in [-0.25, -0.2) is 0 Å². The maximum atomic E-state index is 10.0. The second-order valence-electron chi connectivity index (χ2n) is 11.5. The van der Waals surface area contributed by atoms with Crippen molar-refractivity contribution in [2.24, 2.45) is 0 Å². The molecule has 0 atom stereocenters. The minimum Gasteiger partial charge on any atom is -0.455 e. The van der Waals surface area contributed by atoms with Gasteiger partial charge in [0.2, 0.25) is 0 Å². The molecule has 0 aliphatic rings. The van der Waals surface area contributed by atoms with Gasteiger partial charge in [0.1, 0.15) is 11.2 Å². The summed E-state index contributed by atoms with van der Waals surface area (Å²) in [7, 11) is 0. The molecule has 8 aromatic carbocycles. The first kappa shape index (κ1) is 20.7. The summed E-state index contributed by atoms with van der Waals surface area (Å²) in [6.07, 6.45) is 0. The van der Waals surface area contributed by atoms with E-state index in [1.165, 1.54) is 0 Å². The number of benzene rings is 8. The van der Waals surface area contributed by atoms with Crippen molar-refractivity contribution in [3.8, 4) is 33.4 Å². The molecule has 0 saturated carbocycles. The first-order valence-corrected chi connectivity index (χ1v) is 15.7. The average molecular weight is 622 g/mol. The first-order valence-electron chi connectivity index (χ1n) is 19.7. The van der Waals surface area contributed by atoms with Crippen molar-refractivity contribution >= 4 is 49.8 Å². The zero-order valence-electron chi connectivity index (χ0n) is 33.6. The lowest BCUT2D eigenvalue weighted by Crippen LogP contribution is -2.10. The molecule has 1 heterocycles. The lowest BCUT2D eigenvalue weighted by Gasteiger charge is -2.27. The lowest BCUT2D eigenvalue weighted by atomic mass is 9.97. The van der Waals surface area contributed by atoms with Gasteiger partial charge >= 0.3 is 0 Å². The summed E-state index contributed by atoms with van der Waals surface area (Å²) in [4.78, 5) is 1.82. The lowest BCUT2D eigenvalue weighted by molar-refractivity contribution is 0.673. The Hall–Kier alpha value is -6.38. The number of nitrogens with zero attached hydrogens (tertiary/aromatic N) is 1. The second kappa shape index (κ2) is 11.8. The summed E-state index contributed by atoms with van der Waals surface area (Å²) in [5, 5.41) is 0.562. The molecule has 48 heavy (non-hydrogen) atoms. The highest BCUT2D eigenvalue weighted by Crippen LogP contribution is 2.46. The standard InChI is InChI=1S/C46H31NO/c1-4-13-32(14-5-1)33-23-25-34(26-24-33)35-27-29-38(30-28-35)47(37-17-8-3-9-18-37)43-31-42-45-39(36-15-6-2-7-16-36)21-12-22-44(45)48-46(42)41-20-11-10-19-40(41)43/h1-31H/i10D,11D,12D,19D,20D,21D,22D,31D. The SMILES string of the molecule is [2H]c1c([2H])c(-c2ccccc2)c2c(oc3c4c([2H])c([2H])c([2H])c([2H])c4c(N(c4ccccc4)c4ccc(-c5ccc(-c6ccccc6)cc5)cc4)c([2H])c32)c1[2H]. The fourth-order valence-corrected chi connectivity index (χ4v) is 6.37. The number of hydrogen-bond acceptors (Lipinski definition) is 2. The molecular weight excluding hydrogens is 583 g/mol. The van der Waals surface area contributed by atoms with Gasteiger partial charge in [-0.1, -0.05) is 152 Å². The molecule has 226 valence electrons. The molecule has 0 unspecified atom stereocenters.